The van der Waals surface area contributed by atoms with Crippen molar-refractivity contribution < 1.29 is 0 Å². The van der Waals surface area contributed by atoms with E-state index in [2.05, 4.69) is 50.1 Å². The highest BCUT2D eigenvalue weighted by Gasteiger charge is 2.15. The van der Waals surface area contributed by atoms with E-state index in [1.807, 2.05) is 6.92 Å². The highest BCUT2D eigenvalue weighted by Crippen LogP contribution is 2.23. The van der Waals surface area contributed by atoms with Gasteiger partial charge in [-0.3, -0.25) is 4.98 Å². The molecule has 1 unspecified atom stereocenters. The van der Waals surface area contributed by atoms with Crippen molar-refractivity contribution in [2.45, 2.75) is 53.5 Å². The van der Waals surface area contributed by atoms with Gasteiger partial charge in [-0.25, -0.2) is 0 Å². The number of aromatic nitrogens is 1. The molecular weight excluding hydrogens is 208 g/mol. The molecule has 1 aromatic heterocycles. The lowest BCUT2D eigenvalue weighted by Crippen LogP contribution is -2.24. The molecule has 0 radical (unpaired) electrons. The molecule has 1 N–H and O–H groups in total. The summed E-state index contributed by atoms with van der Waals surface area (Å²) >= 11 is 0. The van der Waals surface area contributed by atoms with Crippen LogP contribution in [-0.2, 0) is 0 Å². The van der Waals surface area contributed by atoms with E-state index in [4.69, 9.17) is 0 Å². The average molecular weight is 234 g/mol. The van der Waals surface area contributed by atoms with Crippen LogP contribution in [0.2, 0.25) is 0 Å². The van der Waals surface area contributed by atoms with Gasteiger partial charge in [-0.05, 0) is 50.8 Å². The number of pyridine rings is 1. The summed E-state index contributed by atoms with van der Waals surface area (Å²) < 4.78 is 0. The van der Waals surface area contributed by atoms with Gasteiger partial charge in [-0.1, -0.05) is 26.8 Å². The molecule has 96 valence electrons. The molecule has 0 amide bonds. The molecule has 0 fully saturated rings. The summed E-state index contributed by atoms with van der Waals surface area (Å²) in [6.07, 6.45) is 2.35. The van der Waals surface area contributed by atoms with Crippen LogP contribution in [0.15, 0.2) is 12.1 Å². The van der Waals surface area contributed by atoms with Crippen LogP contribution in [0.4, 0.5) is 0 Å². The summed E-state index contributed by atoms with van der Waals surface area (Å²) in [7, 11) is 0. The third kappa shape index (κ3) is 4.47. The first-order chi connectivity index (χ1) is 8.04. The van der Waals surface area contributed by atoms with Crippen molar-refractivity contribution in [1.82, 2.24) is 10.3 Å². The van der Waals surface area contributed by atoms with E-state index in [1.54, 1.807) is 0 Å². The van der Waals surface area contributed by atoms with E-state index in [1.165, 1.54) is 24.1 Å². The van der Waals surface area contributed by atoms with Crippen LogP contribution in [0.5, 0.6) is 0 Å². The Morgan fingerprint density at radius 3 is 2.47 bits per heavy atom. The summed E-state index contributed by atoms with van der Waals surface area (Å²) in [6, 6.07) is 4.79. The third-order valence-electron chi connectivity index (χ3n) is 2.99. The topological polar surface area (TPSA) is 24.9 Å². The molecule has 0 spiro atoms. The smallest absolute Gasteiger partial charge is 0.0423 e. The lowest BCUT2D eigenvalue weighted by Gasteiger charge is -2.22. The van der Waals surface area contributed by atoms with Gasteiger partial charge in [0.25, 0.3) is 0 Å². The molecule has 0 saturated heterocycles. The highest BCUT2D eigenvalue weighted by molar-refractivity contribution is 5.25. The van der Waals surface area contributed by atoms with Crippen molar-refractivity contribution >= 4 is 0 Å². The molecular formula is C15H26N2. The fourth-order valence-corrected chi connectivity index (χ4v) is 2.18. The molecule has 17 heavy (non-hydrogen) atoms. The van der Waals surface area contributed by atoms with Crippen LogP contribution >= 0.6 is 0 Å². The van der Waals surface area contributed by atoms with Gasteiger partial charge in [-0.2, -0.15) is 0 Å². The Morgan fingerprint density at radius 2 is 1.94 bits per heavy atom. The Morgan fingerprint density at radius 1 is 1.24 bits per heavy atom. The van der Waals surface area contributed by atoms with E-state index in [0.29, 0.717) is 12.0 Å². The molecule has 1 rings (SSSR count). The molecule has 0 aromatic carbocycles. The first-order valence-corrected chi connectivity index (χ1v) is 6.72. The summed E-state index contributed by atoms with van der Waals surface area (Å²) in [5, 5.41) is 3.64. The molecule has 0 aliphatic carbocycles. The third-order valence-corrected chi connectivity index (χ3v) is 2.99. The second kappa shape index (κ2) is 6.75. The van der Waals surface area contributed by atoms with Gasteiger partial charge in [0.1, 0.15) is 0 Å². The first kappa shape index (κ1) is 14.2. The van der Waals surface area contributed by atoms with Gasteiger partial charge in [0.2, 0.25) is 0 Å². The number of rotatable bonds is 6. The van der Waals surface area contributed by atoms with Crippen LogP contribution < -0.4 is 5.32 Å². The maximum atomic E-state index is 4.57. The van der Waals surface area contributed by atoms with Gasteiger partial charge >= 0.3 is 0 Å². The van der Waals surface area contributed by atoms with Crippen molar-refractivity contribution in [1.29, 1.82) is 0 Å². The van der Waals surface area contributed by atoms with E-state index in [-0.39, 0.29) is 0 Å². The van der Waals surface area contributed by atoms with Crippen LogP contribution in [0.25, 0.3) is 0 Å². The standard InChI is InChI=1S/C15H26N2/c1-6-9-16-15(10-11(2)3)14-8-7-12(4)17-13(14)5/h7-8,11,15-16H,6,9-10H2,1-5H3. The van der Waals surface area contributed by atoms with Crippen LogP contribution in [0.3, 0.4) is 0 Å². The van der Waals surface area contributed by atoms with Crippen molar-refractivity contribution in [3.05, 3.63) is 29.1 Å². The molecule has 1 heterocycles. The second-order valence-electron chi connectivity index (χ2n) is 5.26. The minimum absolute atomic E-state index is 0.447. The first-order valence-electron chi connectivity index (χ1n) is 6.72. The van der Waals surface area contributed by atoms with E-state index < -0.39 is 0 Å². The van der Waals surface area contributed by atoms with E-state index in [9.17, 15) is 0 Å². The molecule has 0 saturated carbocycles. The Hall–Kier alpha value is -0.890. The zero-order chi connectivity index (χ0) is 12.8. The molecule has 1 atom stereocenters. The highest BCUT2D eigenvalue weighted by atomic mass is 14.9. The van der Waals surface area contributed by atoms with Crippen LogP contribution in [-0.4, -0.2) is 11.5 Å². The van der Waals surface area contributed by atoms with Crippen LogP contribution in [0.1, 0.15) is 56.6 Å². The summed E-state index contributed by atoms with van der Waals surface area (Å²) in [5.41, 5.74) is 3.63. The molecule has 2 heteroatoms. The molecule has 1 aromatic rings. The van der Waals surface area contributed by atoms with Crippen molar-refractivity contribution in [3.8, 4) is 0 Å². The molecule has 0 aliphatic rings. The maximum absolute atomic E-state index is 4.57. The lowest BCUT2D eigenvalue weighted by atomic mass is 9.95. The summed E-state index contributed by atoms with van der Waals surface area (Å²) in [4.78, 5) is 4.57. The van der Waals surface area contributed by atoms with Crippen molar-refractivity contribution in [3.63, 3.8) is 0 Å². The Labute approximate surface area is 106 Å². The monoisotopic (exact) mass is 234 g/mol. The number of hydrogen-bond donors (Lipinski definition) is 1. The maximum Gasteiger partial charge on any atom is 0.0423 e. The van der Waals surface area contributed by atoms with Crippen molar-refractivity contribution in [2.24, 2.45) is 5.92 Å². The van der Waals surface area contributed by atoms with Gasteiger partial charge < -0.3 is 5.32 Å². The number of nitrogens with zero attached hydrogens (tertiary/aromatic N) is 1. The predicted octanol–water partition coefficient (Wildman–Crippen LogP) is 3.79. The van der Waals surface area contributed by atoms with E-state index in [0.717, 1.165) is 12.2 Å². The second-order valence-corrected chi connectivity index (χ2v) is 5.26. The minimum atomic E-state index is 0.447. The van der Waals surface area contributed by atoms with Gasteiger partial charge in [0, 0.05) is 17.4 Å². The summed E-state index contributed by atoms with van der Waals surface area (Å²) in [5.74, 6) is 0.699. The zero-order valence-electron chi connectivity index (χ0n) is 11.9. The summed E-state index contributed by atoms with van der Waals surface area (Å²) in [6.45, 7) is 12.0. The number of aryl methyl sites for hydroxylation is 2. The van der Waals surface area contributed by atoms with Crippen molar-refractivity contribution in [2.75, 3.05) is 6.54 Å². The molecule has 0 bridgehead atoms. The fourth-order valence-electron chi connectivity index (χ4n) is 2.18. The predicted molar refractivity (Wildman–Crippen MR) is 74.2 cm³/mol. The average Bonchev–Trinajstić information content (AvgIpc) is 2.24. The SMILES string of the molecule is CCCNC(CC(C)C)c1ccc(C)nc1C. The Bertz CT molecular complexity index is 345. The number of nitrogens with one attached hydrogen (secondary N) is 1. The largest absolute Gasteiger partial charge is 0.310 e. The minimum Gasteiger partial charge on any atom is -0.310 e. The Balaban J connectivity index is 2.86. The van der Waals surface area contributed by atoms with Crippen LogP contribution in [0, 0.1) is 19.8 Å². The normalized spacial score (nSPS) is 13.1. The van der Waals surface area contributed by atoms with Gasteiger partial charge in [-0.15, -0.1) is 0 Å². The zero-order valence-corrected chi connectivity index (χ0v) is 11.9. The quantitative estimate of drug-likeness (QED) is 0.810. The molecule has 0 aliphatic heterocycles. The van der Waals surface area contributed by atoms with E-state index >= 15 is 0 Å². The lowest BCUT2D eigenvalue weighted by molar-refractivity contribution is 0.428. The van der Waals surface area contributed by atoms with Gasteiger partial charge in [0.05, 0.1) is 0 Å². The van der Waals surface area contributed by atoms with Gasteiger partial charge in [0.15, 0.2) is 0 Å². The number of hydrogen-bond acceptors (Lipinski definition) is 2. The molecule has 2 nitrogen and oxygen atoms in total. The fraction of sp³-hybridized carbons (Fsp3) is 0.667. The Kier molecular flexibility index (Phi) is 5.63.